The first kappa shape index (κ1) is 22.5. The molecule has 1 unspecified atom stereocenters. The Bertz CT molecular complexity index is 1270. The number of ketones is 1. The second kappa shape index (κ2) is 9.55. The van der Waals surface area contributed by atoms with Gasteiger partial charge < -0.3 is 20.4 Å². The van der Waals surface area contributed by atoms with Crippen molar-refractivity contribution in [3.05, 3.63) is 58.3 Å². The predicted molar refractivity (Wildman–Crippen MR) is 123 cm³/mol. The average molecular weight is 467 g/mol. The topological polar surface area (TPSA) is 125 Å². The van der Waals surface area contributed by atoms with E-state index in [1.165, 1.54) is 22.9 Å². The number of ether oxygens (including phenoxy) is 1. The molecule has 0 saturated heterocycles. The largest absolute Gasteiger partial charge is 0.482 e. The number of nitrogens with two attached hydrogens (primary N) is 1. The van der Waals surface area contributed by atoms with Crippen molar-refractivity contribution in [2.75, 3.05) is 6.61 Å². The molecule has 0 bridgehead atoms. The van der Waals surface area contributed by atoms with Crippen LogP contribution in [-0.2, 0) is 24.3 Å². The molecule has 1 aliphatic carbocycles. The monoisotopic (exact) mass is 466 g/mol. The lowest BCUT2D eigenvalue weighted by molar-refractivity contribution is -0.121. The van der Waals surface area contributed by atoms with Crippen molar-refractivity contribution in [2.45, 2.75) is 57.3 Å². The average Bonchev–Trinajstić information content (AvgIpc) is 2.84. The van der Waals surface area contributed by atoms with E-state index in [4.69, 9.17) is 10.5 Å². The number of halogens is 1. The maximum Gasteiger partial charge on any atom is 0.269 e. The lowest BCUT2D eigenvalue weighted by Gasteiger charge is -2.33. The van der Waals surface area contributed by atoms with E-state index in [0.717, 1.165) is 25.7 Å². The summed E-state index contributed by atoms with van der Waals surface area (Å²) < 4.78 is 20.6. The van der Waals surface area contributed by atoms with E-state index in [1.54, 1.807) is 12.3 Å². The van der Waals surface area contributed by atoms with E-state index in [-0.39, 0.29) is 36.3 Å². The van der Waals surface area contributed by atoms with Crippen LogP contribution in [0.15, 0.2) is 35.4 Å². The molecule has 1 atom stereocenters. The Hall–Kier alpha value is -3.24. The van der Waals surface area contributed by atoms with E-state index in [1.807, 2.05) is 0 Å². The zero-order chi connectivity index (χ0) is 23.7. The third kappa shape index (κ3) is 4.83. The Morgan fingerprint density at radius 2 is 2.00 bits per heavy atom. The van der Waals surface area contributed by atoms with Crippen molar-refractivity contribution in [3.8, 4) is 5.75 Å². The molecule has 1 aliphatic heterocycles. The minimum atomic E-state index is -0.407. The van der Waals surface area contributed by atoms with Gasteiger partial charge in [0.15, 0.2) is 11.5 Å². The molecule has 1 saturated carbocycles. The van der Waals surface area contributed by atoms with E-state index < -0.39 is 5.82 Å². The molecule has 0 amide bonds. The summed E-state index contributed by atoms with van der Waals surface area (Å²) in [6.45, 7) is 0.933. The SMILES string of the molecule is NC(Cn1c(=O)cnc2ccc(F)cc21)C1CCC(NCc2ncc3c(n2)CC(=O)CO3)CC1. The number of Topliss-reactive ketones (excluding diaryl/α,β-unsaturated/α-hetero) is 1. The van der Waals surface area contributed by atoms with Crippen LogP contribution in [0.2, 0.25) is 0 Å². The van der Waals surface area contributed by atoms with E-state index >= 15 is 0 Å². The number of carbonyl (C=O) groups excluding carboxylic acids is 1. The Morgan fingerprint density at radius 1 is 1.18 bits per heavy atom. The number of hydrogen-bond acceptors (Lipinski definition) is 8. The Labute approximate surface area is 195 Å². The Morgan fingerprint density at radius 3 is 2.82 bits per heavy atom. The van der Waals surface area contributed by atoms with Gasteiger partial charge in [-0.25, -0.2) is 19.3 Å². The van der Waals surface area contributed by atoms with Gasteiger partial charge in [-0.1, -0.05) is 0 Å². The number of hydrogen-bond donors (Lipinski definition) is 2. The van der Waals surface area contributed by atoms with E-state index in [0.29, 0.717) is 47.4 Å². The minimum absolute atomic E-state index is 0.0203. The first-order valence-electron chi connectivity index (χ1n) is 11.6. The summed E-state index contributed by atoms with van der Waals surface area (Å²) in [6, 6.07) is 4.34. The van der Waals surface area contributed by atoms with Crippen LogP contribution >= 0.6 is 0 Å². The fourth-order valence-corrected chi connectivity index (χ4v) is 4.85. The molecule has 1 fully saturated rings. The molecule has 178 valence electrons. The van der Waals surface area contributed by atoms with Crippen molar-refractivity contribution < 1.29 is 13.9 Å². The van der Waals surface area contributed by atoms with Crippen molar-refractivity contribution in [1.29, 1.82) is 0 Å². The second-order valence-electron chi connectivity index (χ2n) is 9.10. The summed E-state index contributed by atoms with van der Waals surface area (Å²) in [4.78, 5) is 36.9. The highest BCUT2D eigenvalue weighted by Crippen LogP contribution is 2.27. The highest BCUT2D eigenvalue weighted by molar-refractivity contribution is 5.83. The molecule has 2 aliphatic rings. The van der Waals surface area contributed by atoms with Crippen LogP contribution in [0.25, 0.3) is 11.0 Å². The Balaban J connectivity index is 1.16. The van der Waals surface area contributed by atoms with Gasteiger partial charge in [-0.2, -0.15) is 0 Å². The third-order valence-electron chi connectivity index (χ3n) is 6.76. The quantitative estimate of drug-likeness (QED) is 0.560. The summed E-state index contributed by atoms with van der Waals surface area (Å²) in [6.07, 6.45) is 6.95. The van der Waals surface area contributed by atoms with Gasteiger partial charge in [0.1, 0.15) is 18.2 Å². The van der Waals surface area contributed by atoms with Crippen molar-refractivity contribution >= 4 is 16.8 Å². The normalized spacial score (nSPS) is 21.2. The molecule has 3 heterocycles. The minimum Gasteiger partial charge on any atom is -0.482 e. The Kier molecular flexibility index (Phi) is 6.34. The van der Waals surface area contributed by atoms with Gasteiger partial charge in [0, 0.05) is 18.6 Å². The highest BCUT2D eigenvalue weighted by Gasteiger charge is 2.27. The zero-order valence-electron chi connectivity index (χ0n) is 18.7. The molecule has 9 nitrogen and oxygen atoms in total. The van der Waals surface area contributed by atoms with E-state index in [9.17, 15) is 14.0 Å². The number of benzene rings is 1. The molecular weight excluding hydrogens is 439 g/mol. The highest BCUT2D eigenvalue weighted by atomic mass is 19.1. The molecule has 10 heteroatoms. The van der Waals surface area contributed by atoms with Gasteiger partial charge in [-0.3, -0.25) is 9.59 Å². The molecule has 3 aromatic rings. The summed E-state index contributed by atoms with van der Waals surface area (Å²) in [5.41, 5.74) is 7.92. The summed E-state index contributed by atoms with van der Waals surface area (Å²) in [7, 11) is 0. The molecule has 3 N–H and O–H groups in total. The van der Waals surface area contributed by atoms with Crippen LogP contribution in [0.3, 0.4) is 0 Å². The lowest BCUT2D eigenvalue weighted by Crippen LogP contribution is -2.42. The van der Waals surface area contributed by atoms with Crippen molar-refractivity contribution in [3.63, 3.8) is 0 Å². The predicted octanol–water partition coefficient (Wildman–Crippen LogP) is 1.51. The fraction of sp³-hybridized carbons (Fsp3) is 0.458. The van der Waals surface area contributed by atoms with Gasteiger partial charge in [-0.15, -0.1) is 0 Å². The number of aromatic nitrogens is 4. The van der Waals surface area contributed by atoms with Crippen LogP contribution in [0.4, 0.5) is 4.39 Å². The zero-order valence-corrected chi connectivity index (χ0v) is 18.7. The van der Waals surface area contributed by atoms with E-state index in [2.05, 4.69) is 20.3 Å². The number of nitrogens with one attached hydrogen (secondary N) is 1. The molecule has 0 radical (unpaired) electrons. The van der Waals surface area contributed by atoms with Gasteiger partial charge >= 0.3 is 0 Å². The van der Waals surface area contributed by atoms with Gasteiger partial charge in [0.05, 0.1) is 42.1 Å². The smallest absolute Gasteiger partial charge is 0.269 e. The van der Waals surface area contributed by atoms with Crippen LogP contribution in [0, 0.1) is 11.7 Å². The first-order chi connectivity index (χ1) is 16.5. The van der Waals surface area contributed by atoms with Gasteiger partial charge in [0.2, 0.25) is 0 Å². The molecule has 1 aromatic carbocycles. The lowest BCUT2D eigenvalue weighted by atomic mass is 9.81. The first-order valence-corrected chi connectivity index (χ1v) is 11.6. The van der Waals surface area contributed by atoms with Gasteiger partial charge in [0.25, 0.3) is 5.56 Å². The van der Waals surface area contributed by atoms with Gasteiger partial charge in [-0.05, 0) is 49.8 Å². The summed E-state index contributed by atoms with van der Waals surface area (Å²) in [5.74, 6) is 1.11. The van der Waals surface area contributed by atoms with Crippen LogP contribution in [0.5, 0.6) is 5.75 Å². The van der Waals surface area contributed by atoms with Crippen LogP contribution in [-0.4, -0.2) is 44.0 Å². The fourth-order valence-electron chi connectivity index (χ4n) is 4.85. The summed E-state index contributed by atoms with van der Waals surface area (Å²) >= 11 is 0. The number of nitrogens with zero attached hydrogens (tertiary/aromatic N) is 4. The van der Waals surface area contributed by atoms with Crippen LogP contribution < -0.4 is 21.3 Å². The molecule has 5 rings (SSSR count). The summed E-state index contributed by atoms with van der Waals surface area (Å²) in [5, 5.41) is 3.51. The molecular formula is C24H27FN6O3. The number of rotatable bonds is 6. The maximum atomic E-state index is 13.8. The van der Waals surface area contributed by atoms with Crippen molar-refractivity contribution in [2.24, 2.45) is 11.7 Å². The maximum absolute atomic E-state index is 13.8. The molecule has 0 spiro atoms. The number of carbonyl (C=O) groups is 1. The molecule has 34 heavy (non-hydrogen) atoms. The third-order valence-corrected chi connectivity index (χ3v) is 6.76. The second-order valence-corrected chi connectivity index (χ2v) is 9.10. The molecule has 2 aromatic heterocycles. The van der Waals surface area contributed by atoms with Crippen molar-refractivity contribution in [1.82, 2.24) is 24.8 Å². The van der Waals surface area contributed by atoms with Crippen LogP contribution in [0.1, 0.15) is 37.2 Å². The standard InChI is InChI=1S/C24H27FN6O3/c25-15-3-6-19-21(7-15)31(24(33)11-28-19)12-18(26)14-1-4-16(5-2-14)27-10-23-29-9-22-20(30-23)8-17(32)13-34-22/h3,6-7,9,11,14,16,18,27H,1-2,4-5,8,10,12-13,26H2. The number of fused-ring (bicyclic) bond motifs is 2.